The van der Waals surface area contributed by atoms with Gasteiger partial charge in [-0.3, -0.25) is 43.2 Å². The van der Waals surface area contributed by atoms with Crippen molar-refractivity contribution < 1.29 is 43.2 Å². The normalized spacial score (nSPS) is 15.1. The quantitative estimate of drug-likeness (QED) is 0.164. The Balaban J connectivity index is 3.26. The zero-order valence-electron chi connectivity index (χ0n) is 29.6. The van der Waals surface area contributed by atoms with Gasteiger partial charge in [0.2, 0.25) is 23.6 Å². The molecule has 15 heteroatoms. The summed E-state index contributed by atoms with van der Waals surface area (Å²) in [6.45, 7) is 7.12. The van der Waals surface area contributed by atoms with E-state index >= 15 is 0 Å². The van der Waals surface area contributed by atoms with Gasteiger partial charge in [0.15, 0.2) is 0 Å². The van der Waals surface area contributed by atoms with Gasteiger partial charge in [0.1, 0.15) is 35.0 Å². The lowest BCUT2D eigenvalue weighted by Gasteiger charge is -2.30. The maximum Gasteiger partial charge on any atom is 0.245 e. The van der Waals surface area contributed by atoms with Crippen LogP contribution in [-0.4, -0.2) is 129 Å². The van der Waals surface area contributed by atoms with E-state index < -0.39 is 17.9 Å². The van der Waals surface area contributed by atoms with Crippen LogP contribution in [0.3, 0.4) is 0 Å². The molecule has 49 heavy (non-hydrogen) atoms. The molecule has 1 rings (SSSR count). The summed E-state index contributed by atoms with van der Waals surface area (Å²) < 4.78 is 0. The van der Waals surface area contributed by atoms with Gasteiger partial charge in [-0.05, 0) is 0 Å². The molecule has 0 aromatic heterocycles. The molecule has 1 aliphatic heterocycles. The number of ketones is 5. The molecule has 1 saturated heterocycles. The third-order valence-electron chi connectivity index (χ3n) is 8.16. The Labute approximate surface area is 298 Å². The van der Waals surface area contributed by atoms with Crippen molar-refractivity contribution in [1.82, 2.24) is 20.0 Å². The molecule has 0 aromatic carbocycles. The van der Waals surface area contributed by atoms with Gasteiger partial charge in [-0.15, -0.1) is 23.5 Å². The summed E-state index contributed by atoms with van der Waals surface area (Å²) in [4.78, 5) is 118. The van der Waals surface area contributed by atoms with Gasteiger partial charge in [-0.25, -0.2) is 0 Å². The predicted octanol–water partition coefficient (Wildman–Crippen LogP) is 2.61. The molecule has 0 spiro atoms. The topological polar surface area (TPSA) is 175 Å². The van der Waals surface area contributed by atoms with Gasteiger partial charge in [-0.2, -0.15) is 0 Å². The molecule has 0 bridgehead atoms. The van der Waals surface area contributed by atoms with Crippen molar-refractivity contribution >= 4 is 76.1 Å². The first-order valence-electron chi connectivity index (χ1n) is 17.2. The van der Waals surface area contributed by atoms with Crippen LogP contribution in [0.15, 0.2) is 0 Å². The predicted molar refractivity (Wildman–Crippen MR) is 190 cm³/mol. The highest BCUT2D eigenvalue weighted by Gasteiger charge is 2.30. The summed E-state index contributed by atoms with van der Waals surface area (Å²) in [6, 6.07) is -1.19. The van der Waals surface area contributed by atoms with Crippen molar-refractivity contribution in [2.45, 2.75) is 104 Å². The van der Waals surface area contributed by atoms with E-state index in [-0.39, 0.29) is 136 Å². The Hall–Kier alpha value is -3.07. The highest BCUT2D eigenvalue weighted by Crippen LogP contribution is 2.16. The van der Waals surface area contributed by atoms with Crippen molar-refractivity contribution in [3.8, 4) is 0 Å². The molecule has 1 aliphatic rings. The number of carbonyl (C=O) groups is 9. The lowest BCUT2D eigenvalue weighted by Crippen LogP contribution is -2.51. The van der Waals surface area contributed by atoms with E-state index in [2.05, 4.69) is 5.32 Å². The van der Waals surface area contributed by atoms with E-state index in [1.807, 2.05) is 0 Å². The minimum absolute atomic E-state index is 0.0338. The number of carbonyl (C=O) groups excluding carboxylic acids is 9. The van der Waals surface area contributed by atoms with E-state index in [0.29, 0.717) is 30.8 Å². The summed E-state index contributed by atoms with van der Waals surface area (Å²) >= 11 is 2.69. The fraction of sp³-hybridized carbons (Fsp3) is 0.735. The van der Waals surface area contributed by atoms with Gasteiger partial charge < -0.3 is 20.0 Å². The summed E-state index contributed by atoms with van der Waals surface area (Å²) in [5.74, 6) is -1.87. The molecule has 1 unspecified atom stereocenters. The molecule has 0 aliphatic carbocycles. The first-order chi connectivity index (χ1) is 23.3. The largest absolute Gasteiger partial charge is 0.343 e. The summed E-state index contributed by atoms with van der Waals surface area (Å²) in [6.07, 6.45) is 1.15. The van der Waals surface area contributed by atoms with Crippen molar-refractivity contribution in [3.63, 3.8) is 0 Å². The maximum absolute atomic E-state index is 13.9. The third kappa shape index (κ3) is 18.5. The lowest BCUT2D eigenvalue weighted by atomic mass is 10.1. The Kier molecular flexibility index (Phi) is 22.4. The van der Waals surface area contributed by atoms with Crippen molar-refractivity contribution in [3.05, 3.63) is 0 Å². The van der Waals surface area contributed by atoms with Crippen LogP contribution in [0.1, 0.15) is 98.3 Å². The average Bonchev–Trinajstić information content (AvgIpc) is 3.09. The second-order valence-corrected chi connectivity index (χ2v) is 14.2. The van der Waals surface area contributed by atoms with E-state index in [9.17, 15) is 43.2 Å². The van der Waals surface area contributed by atoms with Gasteiger partial charge in [-0.1, -0.05) is 27.7 Å². The smallest absolute Gasteiger partial charge is 0.245 e. The Morgan fingerprint density at radius 2 is 0.939 bits per heavy atom. The van der Waals surface area contributed by atoms with Gasteiger partial charge in [0, 0.05) is 115 Å². The zero-order chi connectivity index (χ0) is 36.8. The van der Waals surface area contributed by atoms with E-state index in [1.165, 1.54) is 38.2 Å². The summed E-state index contributed by atoms with van der Waals surface area (Å²) in [5.41, 5.74) is 0. The van der Waals surface area contributed by atoms with Crippen LogP contribution in [0.25, 0.3) is 0 Å². The van der Waals surface area contributed by atoms with E-state index in [4.69, 9.17) is 0 Å². The molecule has 13 nitrogen and oxygen atoms in total. The molecule has 1 heterocycles. The van der Waals surface area contributed by atoms with Crippen LogP contribution < -0.4 is 5.32 Å². The Morgan fingerprint density at radius 1 is 0.571 bits per heavy atom. The highest BCUT2D eigenvalue weighted by molar-refractivity contribution is 8.16. The maximum atomic E-state index is 13.9. The van der Waals surface area contributed by atoms with Crippen LogP contribution in [-0.2, 0) is 43.2 Å². The molecule has 276 valence electrons. The van der Waals surface area contributed by atoms with Crippen LogP contribution in [0.2, 0.25) is 0 Å². The first kappa shape index (κ1) is 44.0. The van der Waals surface area contributed by atoms with Crippen LogP contribution in [0.4, 0.5) is 0 Å². The fourth-order valence-electron chi connectivity index (χ4n) is 4.87. The SMILES string of the molecule is CCC(=O)CCN(CCC(=O)CC)C(=O)CCN(CCC(=O)N(CCC(=O)CC)CCC(=O)CC)C(=O)C1CC(=O)CSCSCC(=O)N1. The molecule has 0 saturated carbocycles. The van der Waals surface area contributed by atoms with E-state index in [0.717, 1.165) is 0 Å². The minimum Gasteiger partial charge on any atom is -0.343 e. The zero-order valence-corrected chi connectivity index (χ0v) is 31.2. The van der Waals surface area contributed by atoms with Crippen LogP contribution >= 0.6 is 23.5 Å². The molecule has 0 radical (unpaired) electrons. The van der Waals surface area contributed by atoms with Crippen LogP contribution in [0, 0.1) is 0 Å². The van der Waals surface area contributed by atoms with Crippen LogP contribution in [0.5, 0.6) is 0 Å². The van der Waals surface area contributed by atoms with Gasteiger partial charge >= 0.3 is 0 Å². The average molecular weight is 727 g/mol. The molecular formula is C34H54N4O9S2. The fourth-order valence-corrected chi connectivity index (χ4v) is 6.62. The number of hydrogen-bond acceptors (Lipinski definition) is 11. The molecular weight excluding hydrogens is 673 g/mol. The Bertz CT molecular complexity index is 1060. The summed E-state index contributed by atoms with van der Waals surface area (Å²) in [5, 5.41) is 3.21. The number of thioether (sulfide) groups is 2. The second kappa shape index (κ2) is 25.0. The standard InChI is InChI=1S/C34H54N4O9S2/c1-5-25(39)9-15-36(16-10-26(40)6-2)32(45)13-19-38(34(47)30-21-29(43)22-48-24-49-23-31(44)35-30)20-14-33(46)37(17-11-27(41)7-3)18-12-28(42)8-4/h30H,5-24H2,1-4H3,(H,35,44). The van der Waals surface area contributed by atoms with Gasteiger partial charge in [0.05, 0.1) is 11.5 Å². The number of nitrogens with one attached hydrogen (secondary N) is 1. The van der Waals surface area contributed by atoms with E-state index in [1.54, 1.807) is 27.7 Å². The molecule has 4 amide bonds. The van der Waals surface area contributed by atoms with Crippen molar-refractivity contribution in [2.75, 3.05) is 55.9 Å². The monoisotopic (exact) mass is 726 g/mol. The minimum atomic E-state index is -1.19. The second-order valence-electron chi connectivity index (χ2n) is 11.8. The number of amides is 4. The molecule has 0 aromatic rings. The first-order valence-corrected chi connectivity index (χ1v) is 19.5. The number of rotatable bonds is 23. The summed E-state index contributed by atoms with van der Waals surface area (Å²) in [7, 11) is 0. The lowest BCUT2D eigenvalue weighted by molar-refractivity contribution is -0.140. The van der Waals surface area contributed by atoms with Crippen molar-refractivity contribution in [1.29, 1.82) is 0 Å². The van der Waals surface area contributed by atoms with Gasteiger partial charge in [0.25, 0.3) is 0 Å². The third-order valence-corrected chi connectivity index (χ3v) is 10.5. The number of Topliss-reactive ketones (excluding diaryl/α,β-unsaturated/α-hetero) is 5. The molecule has 1 atom stereocenters. The Morgan fingerprint density at radius 3 is 1.33 bits per heavy atom. The number of hydrogen-bond donors (Lipinski definition) is 1. The van der Waals surface area contributed by atoms with Crippen molar-refractivity contribution in [2.24, 2.45) is 0 Å². The molecule has 1 N–H and O–H groups in total. The number of nitrogens with zero attached hydrogens (tertiary/aromatic N) is 3. The highest BCUT2D eigenvalue weighted by atomic mass is 32.2. The molecule has 1 fully saturated rings.